The molecular formula is C35H44O19. The van der Waals surface area contributed by atoms with Gasteiger partial charge in [-0.05, 0) is 5.56 Å². The smallest absolute Gasteiger partial charge is 0.303 e. The third-order valence-electron chi connectivity index (χ3n) is 7.68. The predicted octanol–water partition coefficient (Wildman–Crippen LogP) is 0.781. The van der Waals surface area contributed by atoms with Gasteiger partial charge in [-0.25, -0.2) is 0 Å². The fourth-order valence-corrected chi connectivity index (χ4v) is 5.99. The van der Waals surface area contributed by atoms with Crippen LogP contribution in [-0.4, -0.2) is 122 Å². The second kappa shape index (κ2) is 19.8. The van der Waals surface area contributed by atoms with Gasteiger partial charge in [-0.2, -0.15) is 0 Å². The second-order valence-corrected chi connectivity index (χ2v) is 12.2. The van der Waals surface area contributed by atoms with Crippen molar-refractivity contribution >= 4 is 47.8 Å². The number of ether oxygens (including phenoxy) is 11. The summed E-state index contributed by atoms with van der Waals surface area (Å²) in [4.78, 5) is 99.5. The topological polar surface area (TPSA) is 238 Å². The number of hydrogen-bond donors (Lipinski definition) is 0. The average Bonchev–Trinajstić information content (AvgIpc) is 3.04. The van der Waals surface area contributed by atoms with Crippen molar-refractivity contribution in [2.75, 3.05) is 6.61 Å². The number of rotatable bonds is 14. The predicted molar refractivity (Wildman–Crippen MR) is 174 cm³/mol. The highest BCUT2D eigenvalue weighted by molar-refractivity contribution is 5.70. The molecule has 11 atom stereocenters. The monoisotopic (exact) mass is 768 g/mol. The summed E-state index contributed by atoms with van der Waals surface area (Å²) in [7, 11) is 0. The molecule has 19 heteroatoms. The minimum atomic E-state index is -1.91. The van der Waals surface area contributed by atoms with Crippen LogP contribution in [0.2, 0.25) is 0 Å². The van der Waals surface area contributed by atoms with Crippen LogP contribution in [-0.2, 0) is 97.1 Å². The van der Waals surface area contributed by atoms with E-state index in [1.54, 1.807) is 30.3 Å². The maximum Gasteiger partial charge on any atom is 0.303 e. The fraction of sp³-hybridized carbons (Fsp3) is 0.600. The van der Waals surface area contributed by atoms with Crippen LogP contribution in [0, 0.1) is 0 Å². The molecule has 2 aliphatic rings. The lowest BCUT2D eigenvalue weighted by Crippen LogP contribution is -2.70. The number of esters is 8. The van der Waals surface area contributed by atoms with Crippen molar-refractivity contribution in [2.45, 2.75) is 129 Å². The molecule has 2 fully saturated rings. The van der Waals surface area contributed by atoms with Crippen LogP contribution >= 0.6 is 0 Å². The first-order chi connectivity index (χ1) is 25.4. The summed E-state index contributed by atoms with van der Waals surface area (Å²) >= 11 is 0. The first-order valence-electron chi connectivity index (χ1n) is 16.7. The Labute approximate surface area is 310 Å². The highest BCUT2D eigenvalue weighted by atomic mass is 16.8. The molecule has 298 valence electrons. The zero-order chi connectivity index (χ0) is 40.3. The minimum Gasteiger partial charge on any atom is -0.463 e. The number of benzene rings is 1. The van der Waals surface area contributed by atoms with Crippen LogP contribution in [0.4, 0.5) is 0 Å². The number of hydrogen-bond acceptors (Lipinski definition) is 19. The lowest BCUT2D eigenvalue weighted by atomic mass is 9.83. The molecule has 0 bridgehead atoms. The van der Waals surface area contributed by atoms with Crippen molar-refractivity contribution in [3.05, 3.63) is 35.9 Å². The fourth-order valence-electron chi connectivity index (χ4n) is 5.99. The van der Waals surface area contributed by atoms with Gasteiger partial charge in [0.05, 0.1) is 6.61 Å². The van der Waals surface area contributed by atoms with Crippen molar-refractivity contribution < 1.29 is 90.5 Å². The van der Waals surface area contributed by atoms with Crippen LogP contribution in [0.5, 0.6) is 0 Å². The Morgan fingerprint density at radius 3 is 1.24 bits per heavy atom. The summed E-state index contributed by atoms with van der Waals surface area (Å²) in [6, 6.07) is 8.65. The Morgan fingerprint density at radius 2 is 0.833 bits per heavy atom. The van der Waals surface area contributed by atoms with Crippen LogP contribution in [0.3, 0.4) is 0 Å². The third kappa shape index (κ3) is 12.5. The molecule has 0 aromatic heterocycles. The molecule has 0 N–H and O–H groups in total. The Balaban J connectivity index is 2.26. The van der Waals surface area contributed by atoms with Crippen molar-refractivity contribution in [1.29, 1.82) is 0 Å². The van der Waals surface area contributed by atoms with E-state index in [2.05, 4.69) is 0 Å². The SMILES string of the molecule is CC(=O)OC[C@H]1O[C@@H](OC2[C@@H](OC(C)=O)[C@H](OC(C)=O)C(OCc3ccccc3)[C@H](OC(C)=O)[C@H]2OC(C)=O)[C@H](OC(C)=O)[C@@H](OC(C)=O)[C@H]1OC(C)=O. The van der Waals surface area contributed by atoms with Crippen molar-refractivity contribution in [3.8, 4) is 0 Å². The van der Waals surface area contributed by atoms with E-state index in [0.29, 0.717) is 5.56 Å². The van der Waals surface area contributed by atoms with Crippen molar-refractivity contribution in [3.63, 3.8) is 0 Å². The van der Waals surface area contributed by atoms with Crippen LogP contribution in [0.1, 0.15) is 61.0 Å². The lowest BCUT2D eigenvalue weighted by Gasteiger charge is -2.50. The number of carbonyl (C=O) groups is 8. The summed E-state index contributed by atoms with van der Waals surface area (Å²) < 4.78 is 62.7. The Morgan fingerprint density at radius 1 is 0.463 bits per heavy atom. The minimum absolute atomic E-state index is 0.161. The Kier molecular flexibility index (Phi) is 15.9. The quantitative estimate of drug-likeness (QED) is 0.188. The zero-order valence-corrected chi connectivity index (χ0v) is 30.9. The van der Waals surface area contributed by atoms with Gasteiger partial charge in [0.2, 0.25) is 0 Å². The van der Waals surface area contributed by atoms with E-state index >= 15 is 0 Å². The van der Waals surface area contributed by atoms with E-state index in [1.807, 2.05) is 0 Å². The van der Waals surface area contributed by atoms with Gasteiger partial charge in [0.1, 0.15) is 24.9 Å². The summed E-state index contributed by atoms with van der Waals surface area (Å²) in [6.45, 7) is 7.49. The molecule has 1 heterocycles. The largest absolute Gasteiger partial charge is 0.463 e. The molecular weight excluding hydrogens is 724 g/mol. The molecule has 1 aromatic carbocycles. The molecule has 1 aliphatic heterocycles. The van der Waals surface area contributed by atoms with E-state index in [9.17, 15) is 38.4 Å². The first-order valence-corrected chi connectivity index (χ1v) is 16.7. The van der Waals surface area contributed by atoms with E-state index in [-0.39, 0.29) is 6.61 Å². The molecule has 3 rings (SSSR count). The molecule has 0 radical (unpaired) electrons. The first kappa shape index (κ1) is 43.3. The second-order valence-electron chi connectivity index (χ2n) is 12.2. The summed E-state index contributed by atoms with van der Waals surface area (Å²) in [5.74, 6) is -7.25. The molecule has 2 unspecified atom stereocenters. The van der Waals surface area contributed by atoms with Gasteiger partial charge in [-0.1, -0.05) is 30.3 Å². The van der Waals surface area contributed by atoms with E-state index in [1.165, 1.54) is 0 Å². The van der Waals surface area contributed by atoms with E-state index in [0.717, 1.165) is 55.4 Å². The standard InChI is InChI=1S/C35H44O19/c1-16(36)44-15-25-26(46-17(2)37)28(47-18(3)38)34(52-23(8)43)35(53-25)54-33-31(50-21(6)41)29(48-19(4)39)27(45-14-24-12-10-9-11-13-24)30(49-20(5)40)32(33)51-22(7)42/h9-13,25-35H,14-15H2,1-8H3/t25-,26+,27?,28+,29-,30+,31+,32-,33?,34-,35+/m1/s1. The normalized spacial score (nSPS) is 29.0. The maximum atomic E-state index is 12.7. The molecule has 1 aliphatic carbocycles. The zero-order valence-electron chi connectivity index (χ0n) is 30.9. The molecule has 1 saturated heterocycles. The van der Waals surface area contributed by atoms with E-state index < -0.39 is 122 Å². The Bertz CT molecular complexity index is 1480. The van der Waals surface area contributed by atoms with Gasteiger partial charge in [-0.3, -0.25) is 38.4 Å². The highest BCUT2D eigenvalue weighted by Crippen LogP contribution is 2.38. The molecule has 1 saturated carbocycles. The van der Waals surface area contributed by atoms with Gasteiger partial charge in [0, 0.05) is 55.4 Å². The summed E-state index contributed by atoms with van der Waals surface area (Å²) in [5, 5.41) is 0. The summed E-state index contributed by atoms with van der Waals surface area (Å²) in [5.41, 5.74) is 0.629. The highest BCUT2D eigenvalue weighted by Gasteiger charge is 2.61. The average molecular weight is 769 g/mol. The van der Waals surface area contributed by atoms with Crippen molar-refractivity contribution in [1.82, 2.24) is 0 Å². The van der Waals surface area contributed by atoms with Gasteiger partial charge in [0.15, 0.2) is 49.0 Å². The van der Waals surface area contributed by atoms with Crippen LogP contribution in [0.25, 0.3) is 0 Å². The van der Waals surface area contributed by atoms with Gasteiger partial charge in [-0.15, -0.1) is 0 Å². The molecule has 1 aromatic rings. The van der Waals surface area contributed by atoms with Crippen LogP contribution in [0.15, 0.2) is 30.3 Å². The number of carbonyl (C=O) groups excluding carboxylic acids is 8. The molecule has 0 amide bonds. The Hall–Kier alpha value is -5.14. The van der Waals surface area contributed by atoms with E-state index in [4.69, 9.17) is 52.1 Å². The molecule has 19 nitrogen and oxygen atoms in total. The lowest BCUT2D eigenvalue weighted by molar-refractivity contribution is -0.344. The van der Waals surface area contributed by atoms with Gasteiger partial charge in [0.25, 0.3) is 0 Å². The molecule has 54 heavy (non-hydrogen) atoms. The summed E-state index contributed by atoms with van der Waals surface area (Å²) in [6.07, 6.45) is -18.5. The maximum absolute atomic E-state index is 12.7. The van der Waals surface area contributed by atoms with Gasteiger partial charge < -0.3 is 52.1 Å². The van der Waals surface area contributed by atoms with Gasteiger partial charge >= 0.3 is 47.8 Å². The molecule has 0 spiro atoms. The van der Waals surface area contributed by atoms with Crippen molar-refractivity contribution in [2.24, 2.45) is 0 Å². The third-order valence-corrected chi connectivity index (χ3v) is 7.68. The van der Waals surface area contributed by atoms with Crippen LogP contribution < -0.4 is 0 Å².